The van der Waals surface area contributed by atoms with Gasteiger partial charge in [0.05, 0.1) is 11.2 Å². The zero-order valence-electron chi connectivity index (χ0n) is 12.5. The summed E-state index contributed by atoms with van der Waals surface area (Å²) in [6, 6.07) is 8.87. The molecule has 0 aliphatic carbocycles. The van der Waals surface area contributed by atoms with Crippen LogP contribution in [0, 0.1) is 6.92 Å². The van der Waals surface area contributed by atoms with Crippen molar-refractivity contribution in [1.82, 2.24) is 15.2 Å². The van der Waals surface area contributed by atoms with Gasteiger partial charge in [-0.05, 0) is 31.6 Å². The van der Waals surface area contributed by atoms with Gasteiger partial charge in [0.15, 0.2) is 0 Å². The lowest BCUT2D eigenvalue weighted by molar-refractivity contribution is 0.321. The topological polar surface area (TPSA) is 28.2 Å². The highest BCUT2D eigenvalue weighted by Crippen LogP contribution is 2.15. The van der Waals surface area contributed by atoms with Gasteiger partial charge >= 0.3 is 0 Å². The normalized spacial score (nSPS) is 11.2. The summed E-state index contributed by atoms with van der Waals surface area (Å²) in [5, 5.41) is 3.34. The molecule has 0 saturated carbocycles. The first-order valence-electron chi connectivity index (χ1n) is 7.05. The third-order valence-corrected chi connectivity index (χ3v) is 4.23. The molecule has 0 aliphatic heterocycles. The molecule has 0 aliphatic rings. The van der Waals surface area contributed by atoms with Crippen molar-refractivity contribution in [2.45, 2.75) is 33.5 Å². The van der Waals surface area contributed by atoms with E-state index < -0.39 is 0 Å². The van der Waals surface area contributed by atoms with Gasteiger partial charge in [-0.25, -0.2) is 4.98 Å². The second-order valence-electron chi connectivity index (χ2n) is 5.13. The number of thiazole rings is 1. The van der Waals surface area contributed by atoms with Gasteiger partial charge in [0.25, 0.3) is 0 Å². The minimum atomic E-state index is 0.951. The summed E-state index contributed by atoms with van der Waals surface area (Å²) in [4.78, 5) is 7.99. The van der Waals surface area contributed by atoms with Gasteiger partial charge < -0.3 is 5.32 Å². The second-order valence-corrected chi connectivity index (χ2v) is 6.07. The third-order valence-electron chi connectivity index (χ3n) is 3.31. The highest BCUT2D eigenvalue weighted by Gasteiger charge is 2.06. The standard InChI is InChI=1S/C16H23N3S/c1-4-17-9-14-5-7-15(8-6-14)10-19(3)11-16-13(2)18-12-20-16/h5-8,12,17H,4,9-11H2,1-3H3. The Morgan fingerprint density at radius 3 is 2.45 bits per heavy atom. The Balaban J connectivity index is 1.87. The number of aryl methyl sites for hydroxylation is 1. The maximum Gasteiger partial charge on any atom is 0.0798 e. The monoisotopic (exact) mass is 289 g/mol. The van der Waals surface area contributed by atoms with E-state index in [1.807, 2.05) is 5.51 Å². The number of aromatic nitrogens is 1. The van der Waals surface area contributed by atoms with Gasteiger partial charge in [-0.1, -0.05) is 31.2 Å². The summed E-state index contributed by atoms with van der Waals surface area (Å²) in [5.41, 5.74) is 5.78. The van der Waals surface area contributed by atoms with Crippen LogP contribution in [0.5, 0.6) is 0 Å². The lowest BCUT2D eigenvalue weighted by Gasteiger charge is -2.16. The summed E-state index contributed by atoms with van der Waals surface area (Å²) in [7, 11) is 2.16. The van der Waals surface area contributed by atoms with Crippen LogP contribution < -0.4 is 5.32 Å². The SMILES string of the molecule is CCNCc1ccc(CN(C)Cc2scnc2C)cc1. The number of hydrogen-bond donors (Lipinski definition) is 1. The summed E-state index contributed by atoms with van der Waals surface area (Å²) in [6.07, 6.45) is 0. The average molecular weight is 289 g/mol. The van der Waals surface area contributed by atoms with Crippen LogP contribution in [-0.2, 0) is 19.6 Å². The fourth-order valence-electron chi connectivity index (χ4n) is 2.12. The molecular formula is C16H23N3S. The van der Waals surface area contributed by atoms with E-state index in [2.05, 4.69) is 60.4 Å². The largest absolute Gasteiger partial charge is 0.313 e. The van der Waals surface area contributed by atoms with E-state index in [4.69, 9.17) is 0 Å². The van der Waals surface area contributed by atoms with Crippen LogP contribution in [0.25, 0.3) is 0 Å². The Kier molecular flexibility index (Phi) is 5.71. The van der Waals surface area contributed by atoms with Crippen LogP contribution in [-0.4, -0.2) is 23.5 Å². The van der Waals surface area contributed by atoms with Gasteiger partial charge in [0.1, 0.15) is 0 Å². The summed E-state index contributed by atoms with van der Waals surface area (Å²) >= 11 is 1.74. The van der Waals surface area contributed by atoms with Crippen molar-refractivity contribution in [3.63, 3.8) is 0 Å². The molecule has 0 unspecified atom stereocenters. The smallest absolute Gasteiger partial charge is 0.0798 e. The molecule has 1 heterocycles. The van der Waals surface area contributed by atoms with E-state index in [0.29, 0.717) is 0 Å². The molecule has 20 heavy (non-hydrogen) atoms. The number of benzene rings is 1. The molecule has 0 saturated heterocycles. The van der Waals surface area contributed by atoms with Gasteiger partial charge in [-0.3, -0.25) is 4.90 Å². The molecule has 1 N–H and O–H groups in total. The van der Waals surface area contributed by atoms with E-state index in [9.17, 15) is 0 Å². The van der Waals surface area contributed by atoms with Crippen molar-refractivity contribution in [1.29, 1.82) is 0 Å². The molecular weight excluding hydrogens is 266 g/mol. The molecule has 0 fully saturated rings. The lowest BCUT2D eigenvalue weighted by Crippen LogP contribution is -2.17. The van der Waals surface area contributed by atoms with Crippen molar-refractivity contribution in [3.8, 4) is 0 Å². The Morgan fingerprint density at radius 1 is 1.15 bits per heavy atom. The highest BCUT2D eigenvalue weighted by molar-refractivity contribution is 7.09. The maximum absolute atomic E-state index is 4.30. The second kappa shape index (κ2) is 7.53. The van der Waals surface area contributed by atoms with Gasteiger partial charge in [-0.15, -0.1) is 11.3 Å². The van der Waals surface area contributed by atoms with Crippen LogP contribution in [0.15, 0.2) is 29.8 Å². The average Bonchev–Trinajstić information content (AvgIpc) is 2.83. The Morgan fingerprint density at radius 2 is 1.85 bits per heavy atom. The van der Waals surface area contributed by atoms with Gasteiger partial charge in [-0.2, -0.15) is 0 Å². The molecule has 0 radical (unpaired) electrons. The van der Waals surface area contributed by atoms with Crippen molar-refractivity contribution in [3.05, 3.63) is 51.5 Å². The molecule has 0 spiro atoms. The molecule has 1 aromatic heterocycles. The summed E-state index contributed by atoms with van der Waals surface area (Å²) in [5.74, 6) is 0. The summed E-state index contributed by atoms with van der Waals surface area (Å²) in [6.45, 7) is 8.11. The quantitative estimate of drug-likeness (QED) is 0.848. The zero-order valence-corrected chi connectivity index (χ0v) is 13.3. The molecule has 0 amide bonds. The number of hydrogen-bond acceptors (Lipinski definition) is 4. The maximum atomic E-state index is 4.30. The predicted molar refractivity (Wildman–Crippen MR) is 85.8 cm³/mol. The number of rotatable bonds is 7. The fourth-order valence-corrected chi connectivity index (χ4v) is 2.98. The van der Waals surface area contributed by atoms with Crippen LogP contribution in [0.3, 0.4) is 0 Å². The van der Waals surface area contributed by atoms with E-state index in [1.165, 1.54) is 16.0 Å². The van der Waals surface area contributed by atoms with E-state index in [0.717, 1.165) is 31.9 Å². The van der Waals surface area contributed by atoms with E-state index >= 15 is 0 Å². The molecule has 0 bridgehead atoms. The molecule has 2 rings (SSSR count). The Labute approximate surface area is 125 Å². The fraction of sp³-hybridized carbons (Fsp3) is 0.438. The highest BCUT2D eigenvalue weighted by atomic mass is 32.1. The van der Waals surface area contributed by atoms with Gasteiger partial charge in [0, 0.05) is 24.5 Å². The molecule has 1 aromatic carbocycles. The van der Waals surface area contributed by atoms with Gasteiger partial charge in [0.2, 0.25) is 0 Å². The Hall–Kier alpha value is -1.23. The molecule has 108 valence electrons. The lowest BCUT2D eigenvalue weighted by atomic mass is 10.1. The minimum Gasteiger partial charge on any atom is -0.313 e. The number of nitrogens with one attached hydrogen (secondary N) is 1. The first-order valence-corrected chi connectivity index (χ1v) is 7.93. The molecule has 0 atom stereocenters. The van der Waals surface area contributed by atoms with Crippen LogP contribution in [0.1, 0.15) is 28.6 Å². The van der Waals surface area contributed by atoms with Crippen LogP contribution >= 0.6 is 11.3 Å². The first-order chi connectivity index (χ1) is 9.69. The summed E-state index contributed by atoms with van der Waals surface area (Å²) < 4.78 is 0. The molecule has 3 nitrogen and oxygen atoms in total. The minimum absolute atomic E-state index is 0.951. The van der Waals surface area contributed by atoms with Crippen LogP contribution in [0.2, 0.25) is 0 Å². The van der Waals surface area contributed by atoms with Crippen molar-refractivity contribution >= 4 is 11.3 Å². The number of nitrogens with zero attached hydrogens (tertiary/aromatic N) is 2. The zero-order chi connectivity index (χ0) is 14.4. The van der Waals surface area contributed by atoms with Crippen molar-refractivity contribution < 1.29 is 0 Å². The van der Waals surface area contributed by atoms with E-state index in [1.54, 1.807) is 11.3 Å². The first kappa shape index (κ1) is 15.2. The van der Waals surface area contributed by atoms with Crippen molar-refractivity contribution in [2.75, 3.05) is 13.6 Å². The van der Waals surface area contributed by atoms with E-state index in [-0.39, 0.29) is 0 Å². The third kappa shape index (κ3) is 4.40. The molecule has 2 aromatic rings. The Bertz CT molecular complexity index is 519. The predicted octanol–water partition coefficient (Wildman–Crippen LogP) is 3.19. The molecule has 4 heteroatoms. The van der Waals surface area contributed by atoms with Crippen molar-refractivity contribution in [2.24, 2.45) is 0 Å². The van der Waals surface area contributed by atoms with Crippen LogP contribution in [0.4, 0.5) is 0 Å².